The maximum absolute atomic E-state index is 12.6. The molecule has 1 aliphatic heterocycles. The average molecular weight is 442 g/mol. The van der Waals surface area contributed by atoms with Crippen molar-refractivity contribution in [2.45, 2.75) is 31.7 Å². The number of ether oxygens (including phenoxy) is 1. The molecule has 31 heavy (non-hydrogen) atoms. The summed E-state index contributed by atoms with van der Waals surface area (Å²) < 4.78 is 5.83. The van der Waals surface area contributed by atoms with Crippen LogP contribution < -0.4 is 10.5 Å². The predicted octanol–water partition coefficient (Wildman–Crippen LogP) is 2.82. The Hall–Kier alpha value is -2.22. The monoisotopic (exact) mass is 441 g/mol. The topological polar surface area (TPSA) is 75.9 Å². The second kappa shape index (κ2) is 10.4. The van der Waals surface area contributed by atoms with Crippen LogP contribution in [0.3, 0.4) is 0 Å². The maximum Gasteiger partial charge on any atom is 0.239 e. The van der Waals surface area contributed by atoms with Gasteiger partial charge in [0.1, 0.15) is 5.75 Å². The summed E-state index contributed by atoms with van der Waals surface area (Å²) in [6, 6.07) is 9.09. The Kier molecular flexibility index (Phi) is 7.37. The number of Topliss-reactive ketones (excluding diaryl/α,β-unsaturated/α-hetero) is 1. The van der Waals surface area contributed by atoms with Crippen molar-refractivity contribution >= 4 is 23.0 Å². The summed E-state index contributed by atoms with van der Waals surface area (Å²) >= 11 is 1.63. The van der Waals surface area contributed by atoms with Gasteiger partial charge in [0.2, 0.25) is 5.91 Å². The van der Waals surface area contributed by atoms with E-state index >= 15 is 0 Å². The highest BCUT2D eigenvalue weighted by atomic mass is 32.1. The van der Waals surface area contributed by atoms with Gasteiger partial charge in [-0.3, -0.25) is 14.5 Å². The molecule has 0 spiro atoms. The molecule has 0 unspecified atom stereocenters. The number of carbonyl (C=O) groups is 2. The number of ketones is 1. The molecule has 7 heteroatoms. The molecular weight excluding hydrogens is 410 g/mol. The molecule has 6 nitrogen and oxygen atoms in total. The molecule has 1 aliphatic carbocycles. The molecule has 2 fully saturated rings. The van der Waals surface area contributed by atoms with Crippen molar-refractivity contribution in [3.8, 4) is 5.75 Å². The van der Waals surface area contributed by atoms with E-state index < -0.39 is 6.04 Å². The fourth-order valence-corrected chi connectivity index (χ4v) is 4.63. The van der Waals surface area contributed by atoms with E-state index in [1.165, 1.54) is 0 Å². The first-order valence-electron chi connectivity index (χ1n) is 11.1. The summed E-state index contributed by atoms with van der Waals surface area (Å²) in [5, 5.41) is 4.06. The lowest BCUT2D eigenvalue weighted by Gasteiger charge is -2.35. The average Bonchev–Trinajstić information content (AvgIpc) is 3.53. The van der Waals surface area contributed by atoms with Gasteiger partial charge in [0, 0.05) is 44.2 Å². The van der Waals surface area contributed by atoms with Crippen LogP contribution in [0.4, 0.5) is 0 Å². The lowest BCUT2D eigenvalue weighted by Crippen LogP contribution is -2.53. The Bertz CT molecular complexity index is 857. The number of nitrogens with zero attached hydrogens (tertiary/aromatic N) is 2. The molecule has 1 amide bonds. The second-order valence-electron chi connectivity index (χ2n) is 8.47. The molecule has 1 aromatic heterocycles. The van der Waals surface area contributed by atoms with E-state index in [1.807, 2.05) is 40.6 Å². The molecular formula is C24H31N3O3S. The number of thiophene rings is 1. The molecule has 0 radical (unpaired) electrons. The number of hydrogen-bond acceptors (Lipinski definition) is 6. The molecule has 0 bridgehead atoms. The van der Waals surface area contributed by atoms with Crippen LogP contribution in [0.25, 0.3) is 0 Å². The van der Waals surface area contributed by atoms with Crippen LogP contribution in [-0.4, -0.2) is 66.9 Å². The van der Waals surface area contributed by atoms with Crippen LogP contribution in [0.15, 0.2) is 41.1 Å². The van der Waals surface area contributed by atoms with Crippen LogP contribution in [0, 0.1) is 5.92 Å². The molecule has 1 saturated heterocycles. The van der Waals surface area contributed by atoms with Gasteiger partial charge in [-0.15, -0.1) is 0 Å². The molecule has 4 rings (SSSR count). The van der Waals surface area contributed by atoms with Crippen molar-refractivity contribution in [1.29, 1.82) is 0 Å². The summed E-state index contributed by atoms with van der Waals surface area (Å²) in [5.74, 6) is 1.37. The van der Waals surface area contributed by atoms with Crippen molar-refractivity contribution < 1.29 is 14.3 Å². The van der Waals surface area contributed by atoms with Crippen LogP contribution in [-0.2, 0) is 11.2 Å². The highest BCUT2D eigenvalue weighted by molar-refractivity contribution is 7.07. The first-order valence-corrected chi connectivity index (χ1v) is 12.1. The molecule has 1 atom stereocenters. The second-order valence-corrected chi connectivity index (χ2v) is 9.25. The number of rotatable bonds is 10. The summed E-state index contributed by atoms with van der Waals surface area (Å²) in [6.45, 7) is 4.78. The van der Waals surface area contributed by atoms with E-state index in [4.69, 9.17) is 10.5 Å². The van der Waals surface area contributed by atoms with Crippen molar-refractivity contribution in [1.82, 2.24) is 9.80 Å². The summed E-state index contributed by atoms with van der Waals surface area (Å²) in [6.07, 6.45) is 3.59. The first kappa shape index (κ1) is 22.0. The standard InChI is InChI=1S/C24H31N3O3S/c25-22(16-18-8-15-31-17-18)24(29)27-12-10-26(11-13-27)9-1-14-30-21-6-4-20(5-7-21)23(28)19-2-3-19/h4-8,15,17,19,22H,1-3,9-14,16,25H2/t22-/m1/s1. The quantitative estimate of drug-likeness (QED) is 0.453. The lowest BCUT2D eigenvalue weighted by molar-refractivity contribution is -0.134. The molecule has 2 N–H and O–H groups in total. The molecule has 2 aliphatic rings. The van der Waals surface area contributed by atoms with Gasteiger partial charge in [-0.2, -0.15) is 11.3 Å². The highest BCUT2D eigenvalue weighted by Gasteiger charge is 2.30. The molecule has 2 heterocycles. The van der Waals surface area contributed by atoms with Crippen molar-refractivity contribution in [2.24, 2.45) is 11.7 Å². The van der Waals surface area contributed by atoms with Crippen LogP contribution in [0.2, 0.25) is 0 Å². The van der Waals surface area contributed by atoms with Crippen LogP contribution in [0.5, 0.6) is 5.75 Å². The van der Waals surface area contributed by atoms with Gasteiger partial charge in [0.15, 0.2) is 5.78 Å². The van der Waals surface area contributed by atoms with E-state index in [-0.39, 0.29) is 17.6 Å². The summed E-state index contributed by atoms with van der Waals surface area (Å²) in [4.78, 5) is 28.9. The van der Waals surface area contributed by atoms with Crippen LogP contribution >= 0.6 is 11.3 Å². The summed E-state index contributed by atoms with van der Waals surface area (Å²) in [5.41, 5.74) is 8.06. The van der Waals surface area contributed by atoms with Crippen molar-refractivity contribution in [2.75, 3.05) is 39.3 Å². The van der Waals surface area contributed by atoms with Gasteiger partial charge in [0.05, 0.1) is 12.6 Å². The number of benzene rings is 1. The summed E-state index contributed by atoms with van der Waals surface area (Å²) in [7, 11) is 0. The maximum atomic E-state index is 12.6. The zero-order valence-corrected chi connectivity index (χ0v) is 18.7. The molecule has 1 saturated carbocycles. The highest BCUT2D eigenvalue weighted by Crippen LogP contribution is 2.32. The van der Waals surface area contributed by atoms with Gasteiger partial charge < -0.3 is 15.4 Å². The van der Waals surface area contributed by atoms with Gasteiger partial charge in [-0.25, -0.2) is 0 Å². The Balaban J connectivity index is 1.11. The van der Waals surface area contributed by atoms with Gasteiger partial charge in [0.25, 0.3) is 0 Å². The fraction of sp³-hybridized carbons (Fsp3) is 0.500. The Morgan fingerprint density at radius 3 is 2.48 bits per heavy atom. The van der Waals surface area contributed by atoms with Crippen molar-refractivity contribution in [3.63, 3.8) is 0 Å². The Morgan fingerprint density at radius 2 is 1.84 bits per heavy atom. The van der Waals surface area contributed by atoms with E-state index in [9.17, 15) is 9.59 Å². The van der Waals surface area contributed by atoms with E-state index in [0.717, 1.165) is 68.9 Å². The van der Waals surface area contributed by atoms with Gasteiger partial charge in [-0.1, -0.05) is 0 Å². The third-order valence-electron chi connectivity index (χ3n) is 6.01. The zero-order chi connectivity index (χ0) is 21.6. The zero-order valence-electron chi connectivity index (χ0n) is 17.9. The van der Waals surface area contributed by atoms with Crippen molar-refractivity contribution in [3.05, 3.63) is 52.2 Å². The largest absolute Gasteiger partial charge is 0.494 e. The smallest absolute Gasteiger partial charge is 0.239 e. The third kappa shape index (κ3) is 6.15. The fourth-order valence-electron chi connectivity index (χ4n) is 3.95. The van der Waals surface area contributed by atoms with E-state index in [2.05, 4.69) is 10.3 Å². The molecule has 1 aromatic carbocycles. The Labute approximate surface area is 188 Å². The van der Waals surface area contributed by atoms with Crippen LogP contribution in [0.1, 0.15) is 35.2 Å². The number of carbonyl (C=O) groups excluding carboxylic acids is 2. The third-order valence-corrected chi connectivity index (χ3v) is 6.74. The SMILES string of the molecule is N[C@H](Cc1ccsc1)C(=O)N1CCN(CCCOc2ccc(C(=O)C3CC3)cc2)CC1. The minimum absolute atomic E-state index is 0.0535. The minimum Gasteiger partial charge on any atom is -0.494 e. The molecule has 2 aromatic rings. The van der Waals surface area contributed by atoms with Gasteiger partial charge >= 0.3 is 0 Å². The number of nitrogens with two attached hydrogens (primary N) is 1. The molecule has 166 valence electrons. The normalized spacial score (nSPS) is 18.0. The van der Waals surface area contributed by atoms with E-state index in [0.29, 0.717) is 13.0 Å². The lowest BCUT2D eigenvalue weighted by atomic mass is 10.1. The minimum atomic E-state index is -0.458. The number of hydrogen-bond donors (Lipinski definition) is 1. The van der Waals surface area contributed by atoms with E-state index in [1.54, 1.807) is 11.3 Å². The Morgan fingerprint density at radius 1 is 1.10 bits per heavy atom. The first-order chi connectivity index (χ1) is 15.1. The predicted molar refractivity (Wildman–Crippen MR) is 123 cm³/mol. The number of piperazine rings is 1. The van der Waals surface area contributed by atoms with Gasteiger partial charge in [-0.05, 0) is 72.3 Å². The number of amides is 1.